The van der Waals surface area contributed by atoms with Crippen LogP contribution in [0.2, 0.25) is 0 Å². The summed E-state index contributed by atoms with van der Waals surface area (Å²) in [6.07, 6.45) is 1.82. The van der Waals surface area contributed by atoms with Crippen LogP contribution in [0, 0.1) is 10.1 Å². The van der Waals surface area contributed by atoms with E-state index >= 15 is 0 Å². The van der Waals surface area contributed by atoms with Crippen molar-refractivity contribution >= 4 is 28.7 Å². The maximum absolute atomic E-state index is 11.2. The smallest absolute Gasteiger partial charge is 0.270 e. The number of aromatic nitrogens is 1. The molecule has 2 atom stereocenters. The fraction of sp³-hybridized carbons (Fsp3) is 0.185. The van der Waals surface area contributed by atoms with Crippen molar-refractivity contribution in [3.63, 3.8) is 0 Å². The molecular weight excluding hydrogens is 476 g/mol. The van der Waals surface area contributed by atoms with Crippen LogP contribution in [0.15, 0.2) is 89.5 Å². The van der Waals surface area contributed by atoms with Crippen molar-refractivity contribution in [2.24, 2.45) is 0 Å². The number of nitrogens with zero attached hydrogens (tertiary/aromatic N) is 3. The monoisotopic (exact) mass is 500 g/mol. The molecule has 8 nitrogen and oxygen atoms in total. The van der Waals surface area contributed by atoms with Crippen LogP contribution in [0.25, 0.3) is 11.3 Å². The fourth-order valence-electron chi connectivity index (χ4n) is 4.32. The van der Waals surface area contributed by atoms with Crippen LogP contribution in [-0.2, 0) is 0 Å². The Morgan fingerprint density at radius 2 is 1.89 bits per heavy atom. The van der Waals surface area contributed by atoms with Gasteiger partial charge in [-0.2, -0.15) is 0 Å². The molecule has 36 heavy (non-hydrogen) atoms. The minimum absolute atomic E-state index is 0.00542. The topological polar surface area (TPSA) is 93.7 Å². The lowest BCUT2D eigenvalue weighted by molar-refractivity contribution is -0.384. The quantitative estimate of drug-likeness (QED) is 0.182. The van der Waals surface area contributed by atoms with Gasteiger partial charge in [0.2, 0.25) is 0 Å². The second-order valence-electron chi connectivity index (χ2n) is 8.67. The predicted molar refractivity (Wildman–Crippen MR) is 141 cm³/mol. The molecule has 3 heterocycles. The Balaban J connectivity index is 1.55. The Bertz CT molecular complexity index is 1390. The third-order valence-corrected chi connectivity index (χ3v) is 6.16. The molecular formula is C27H24N4O4S. The summed E-state index contributed by atoms with van der Waals surface area (Å²) in [5, 5.41) is 15.2. The van der Waals surface area contributed by atoms with Gasteiger partial charge in [-0.25, -0.2) is 0 Å². The number of nitro benzene ring substituents is 1. The molecule has 182 valence electrons. The summed E-state index contributed by atoms with van der Waals surface area (Å²) >= 11 is 5.76. The van der Waals surface area contributed by atoms with Gasteiger partial charge in [-0.05, 0) is 74.6 Å². The highest BCUT2D eigenvalue weighted by Crippen LogP contribution is 2.43. The highest BCUT2D eigenvalue weighted by Gasteiger charge is 2.42. The Hall–Kier alpha value is -4.24. The summed E-state index contributed by atoms with van der Waals surface area (Å²) in [5.41, 5.74) is 2.33. The first-order valence-corrected chi connectivity index (χ1v) is 11.9. The maximum atomic E-state index is 11.2. The van der Waals surface area contributed by atoms with Gasteiger partial charge in [-0.15, -0.1) is 0 Å². The van der Waals surface area contributed by atoms with E-state index in [-0.39, 0.29) is 23.9 Å². The number of hydrogen-bond donors (Lipinski definition) is 1. The number of benzene rings is 2. The number of non-ortho nitro benzene ring substituents is 1. The van der Waals surface area contributed by atoms with E-state index in [0.29, 0.717) is 22.2 Å². The van der Waals surface area contributed by atoms with Crippen LogP contribution in [0.5, 0.6) is 5.75 Å². The van der Waals surface area contributed by atoms with E-state index in [4.69, 9.17) is 21.4 Å². The highest BCUT2D eigenvalue weighted by atomic mass is 32.1. The lowest BCUT2D eigenvalue weighted by Gasteiger charge is -2.26. The van der Waals surface area contributed by atoms with Crippen molar-refractivity contribution in [3.05, 3.63) is 107 Å². The Morgan fingerprint density at radius 3 is 2.58 bits per heavy atom. The van der Waals surface area contributed by atoms with Crippen molar-refractivity contribution < 1.29 is 14.1 Å². The second-order valence-corrected chi connectivity index (χ2v) is 9.05. The van der Waals surface area contributed by atoms with E-state index in [2.05, 4.69) is 10.3 Å². The second kappa shape index (κ2) is 9.79. The summed E-state index contributed by atoms with van der Waals surface area (Å²) in [7, 11) is 0. The molecule has 0 bridgehead atoms. The van der Waals surface area contributed by atoms with E-state index in [1.54, 1.807) is 18.3 Å². The molecule has 5 rings (SSSR count). The van der Waals surface area contributed by atoms with E-state index in [9.17, 15) is 10.1 Å². The van der Waals surface area contributed by atoms with E-state index in [1.165, 1.54) is 12.1 Å². The SMILES string of the molecule is CC(C)Oc1ccc(N2C(=S)N[C@@H](c3ccccn3)[C@@H]2c2ccc(-c3cccc([N+](=O)[O-])c3)o2)cc1. The van der Waals surface area contributed by atoms with Gasteiger partial charge in [0.25, 0.3) is 5.69 Å². The number of pyridine rings is 1. The molecule has 1 aliphatic rings. The lowest BCUT2D eigenvalue weighted by Crippen LogP contribution is -2.29. The predicted octanol–water partition coefficient (Wildman–Crippen LogP) is 6.21. The van der Waals surface area contributed by atoms with E-state index in [0.717, 1.165) is 17.1 Å². The number of anilines is 1. The van der Waals surface area contributed by atoms with Crippen LogP contribution in [0.1, 0.15) is 37.4 Å². The Morgan fingerprint density at radius 1 is 1.08 bits per heavy atom. The lowest BCUT2D eigenvalue weighted by atomic mass is 10.0. The average Bonchev–Trinajstić information content (AvgIpc) is 3.49. The number of ether oxygens (including phenoxy) is 1. The molecule has 9 heteroatoms. The molecule has 0 radical (unpaired) electrons. The van der Waals surface area contributed by atoms with E-state index < -0.39 is 4.92 Å². The van der Waals surface area contributed by atoms with Gasteiger partial charge >= 0.3 is 0 Å². The summed E-state index contributed by atoms with van der Waals surface area (Å²) in [4.78, 5) is 17.4. The molecule has 2 aromatic heterocycles. The molecule has 1 N–H and O–H groups in total. The Kier molecular flexibility index (Phi) is 6.39. The zero-order valence-electron chi connectivity index (χ0n) is 19.7. The van der Waals surface area contributed by atoms with Crippen molar-refractivity contribution in [2.75, 3.05) is 4.90 Å². The molecule has 1 fully saturated rings. The van der Waals surface area contributed by atoms with Crippen molar-refractivity contribution in [1.29, 1.82) is 0 Å². The zero-order chi connectivity index (χ0) is 25.2. The molecule has 4 aromatic rings. The van der Waals surface area contributed by atoms with Gasteiger partial charge in [0.15, 0.2) is 5.11 Å². The molecule has 0 saturated carbocycles. The summed E-state index contributed by atoms with van der Waals surface area (Å²) in [6.45, 7) is 3.97. The van der Waals surface area contributed by atoms with Crippen LogP contribution >= 0.6 is 12.2 Å². The number of thiocarbonyl (C=S) groups is 1. The minimum atomic E-state index is -0.418. The van der Waals surface area contributed by atoms with Gasteiger partial charge < -0.3 is 19.4 Å². The third-order valence-electron chi connectivity index (χ3n) is 5.84. The van der Waals surface area contributed by atoms with Crippen LogP contribution in [0.4, 0.5) is 11.4 Å². The van der Waals surface area contributed by atoms with Gasteiger partial charge in [0.1, 0.15) is 23.3 Å². The van der Waals surface area contributed by atoms with Crippen LogP contribution in [-0.4, -0.2) is 21.1 Å². The normalized spacial score (nSPS) is 17.3. The molecule has 1 aliphatic heterocycles. The highest BCUT2D eigenvalue weighted by molar-refractivity contribution is 7.80. The first kappa shape index (κ1) is 23.5. The summed E-state index contributed by atoms with van der Waals surface area (Å²) < 4.78 is 12.1. The first-order chi connectivity index (χ1) is 17.4. The Labute approximate surface area is 213 Å². The average molecular weight is 501 g/mol. The number of rotatable bonds is 7. The van der Waals surface area contributed by atoms with Crippen molar-refractivity contribution in [1.82, 2.24) is 10.3 Å². The number of hydrogen-bond acceptors (Lipinski definition) is 6. The van der Waals surface area contributed by atoms with Crippen molar-refractivity contribution in [3.8, 4) is 17.1 Å². The number of nitrogens with one attached hydrogen (secondary N) is 1. The van der Waals surface area contributed by atoms with Crippen molar-refractivity contribution in [2.45, 2.75) is 32.0 Å². The van der Waals surface area contributed by atoms with Crippen LogP contribution < -0.4 is 15.0 Å². The third kappa shape index (κ3) is 4.65. The fourth-order valence-corrected chi connectivity index (χ4v) is 4.66. The molecule has 1 saturated heterocycles. The number of nitro groups is 1. The molecule has 0 amide bonds. The van der Waals surface area contributed by atoms with Gasteiger partial charge in [-0.1, -0.05) is 18.2 Å². The standard InChI is InChI=1S/C27H24N4O4S/c1-17(2)34-21-11-9-19(10-12-21)30-26(25(29-27(30)36)22-8-3-4-15-28-22)24-14-13-23(35-24)18-6-5-7-20(16-18)31(32)33/h3-17,25-26H,1-2H3,(H,29,36)/t25-,26-/m0/s1. The summed E-state index contributed by atoms with van der Waals surface area (Å²) in [5.74, 6) is 1.96. The molecule has 0 spiro atoms. The molecule has 0 aliphatic carbocycles. The number of furan rings is 1. The van der Waals surface area contributed by atoms with Gasteiger partial charge in [0, 0.05) is 29.6 Å². The maximum Gasteiger partial charge on any atom is 0.270 e. The summed E-state index contributed by atoms with van der Waals surface area (Å²) in [6, 6.07) is 23.0. The largest absolute Gasteiger partial charge is 0.491 e. The zero-order valence-corrected chi connectivity index (χ0v) is 20.5. The molecule has 0 unspecified atom stereocenters. The van der Waals surface area contributed by atoms with Gasteiger partial charge in [-0.3, -0.25) is 15.1 Å². The van der Waals surface area contributed by atoms with Crippen LogP contribution in [0.3, 0.4) is 0 Å². The molecule has 2 aromatic carbocycles. The first-order valence-electron chi connectivity index (χ1n) is 11.5. The van der Waals surface area contributed by atoms with E-state index in [1.807, 2.05) is 73.3 Å². The minimum Gasteiger partial charge on any atom is -0.491 e. The van der Waals surface area contributed by atoms with Gasteiger partial charge in [0.05, 0.1) is 22.8 Å².